The summed E-state index contributed by atoms with van der Waals surface area (Å²) in [4.78, 5) is 31.0. The number of benzene rings is 1. The Kier molecular flexibility index (Phi) is 5.33. The first-order valence-corrected chi connectivity index (χ1v) is 9.73. The van der Waals surface area contributed by atoms with E-state index in [4.69, 9.17) is 4.74 Å². The molecule has 2 heterocycles. The summed E-state index contributed by atoms with van der Waals surface area (Å²) in [6.45, 7) is 3.89. The van der Waals surface area contributed by atoms with Gasteiger partial charge in [-0.25, -0.2) is 4.98 Å². The molecule has 1 amide bonds. The first kappa shape index (κ1) is 18.5. The van der Waals surface area contributed by atoms with Gasteiger partial charge in [-0.15, -0.1) is 11.3 Å². The Hall–Kier alpha value is -2.32. The molecule has 2 aromatic heterocycles. The fraction of sp³-hybridized carbons (Fsp3) is 0.278. The number of fused-ring (bicyclic) bond motifs is 1. The van der Waals surface area contributed by atoms with E-state index in [-0.39, 0.29) is 17.2 Å². The standard InChI is InChI=1S/C18H19N3O3S2/c1-10-5-6-14(24-4)13(7-10)19-15(22)9-25-18-20-16-12(8-11(2)26-16)17(23)21(18)3/h5-8H,9H2,1-4H3,(H,19,22). The van der Waals surface area contributed by atoms with Gasteiger partial charge in [0.2, 0.25) is 5.91 Å². The summed E-state index contributed by atoms with van der Waals surface area (Å²) in [5.74, 6) is 0.568. The van der Waals surface area contributed by atoms with Crippen molar-refractivity contribution >= 4 is 44.9 Å². The van der Waals surface area contributed by atoms with Crippen LogP contribution in [0.5, 0.6) is 5.75 Å². The number of anilines is 1. The zero-order chi connectivity index (χ0) is 18.8. The molecule has 1 N–H and O–H groups in total. The van der Waals surface area contributed by atoms with E-state index >= 15 is 0 Å². The third kappa shape index (κ3) is 3.76. The van der Waals surface area contributed by atoms with Crippen molar-refractivity contribution in [2.45, 2.75) is 19.0 Å². The van der Waals surface area contributed by atoms with Gasteiger partial charge < -0.3 is 10.1 Å². The van der Waals surface area contributed by atoms with Gasteiger partial charge in [-0.05, 0) is 37.6 Å². The Labute approximate surface area is 159 Å². The van der Waals surface area contributed by atoms with Gasteiger partial charge >= 0.3 is 0 Å². The molecule has 0 unspecified atom stereocenters. The molecule has 0 radical (unpaired) electrons. The maximum atomic E-state index is 12.4. The molecule has 136 valence electrons. The van der Waals surface area contributed by atoms with Crippen molar-refractivity contribution in [1.29, 1.82) is 0 Å². The van der Waals surface area contributed by atoms with Gasteiger partial charge in [0.15, 0.2) is 5.16 Å². The van der Waals surface area contributed by atoms with Crippen LogP contribution in [0.2, 0.25) is 0 Å². The number of carbonyl (C=O) groups is 1. The molecule has 0 saturated heterocycles. The number of nitrogens with zero attached hydrogens (tertiary/aromatic N) is 2. The average Bonchev–Trinajstić information content (AvgIpc) is 2.97. The molecule has 6 nitrogen and oxygen atoms in total. The Morgan fingerprint density at radius 3 is 2.85 bits per heavy atom. The lowest BCUT2D eigenvalue weighted by atomic mass is 10.2. The monoisotopic (exact) mass is 389 g/mol. The van der Waals surface area contributed by atoms with E-state index in [2.05, 4.69) is 10.3 Å². The minimum atomic E-state index is -0.185. The SMILES string of the molecule is COc1ccc(C)cc1NC(=O)CSc1nc2sc(C)cc2c(=O)n1C. The van der Waals surface area contributed by atoms with Gasteiger partial charge in [-0.3, -0.25) is 14.2 Å². The highest BCUT2D eigenvalue weighted by atomic mass is 32.2. The van der Waals surface area contributed by atoms with Crippen LogP contribution < -0.4 is 15.6 Å². The normalized spacial score (nSPS) is 10.9. The molecule has 0 saturated carbocycles. The van der Waals surface area contributed by atoms with Gasteiger partial charge in [-0.1, -0.05) is 17.8 Å². The van der Waals surface area contributed by atoms with E-state index in [0.29, 0.717) is 26.8 Å². The number of methoxy groups -OCH3 is 1. The number of hydrogen-bond acceptors (Lipinski definition) is 6. The molecule has 3 rings (SSSR count). The molecule has 0 spiro atoms. The second-order valence-electron chi connectivity index (χ2n) is 5.88. The summed E-state index contributed by atoms with van der Waals surface area (Å²) >= 11 is 2.71. The van der Waals surface area contributed by atoms with Gasteiger partial charge in [0, 0.05) is 11.9 Å². The number of thioether (sulfide) groups is 1. The number of amides is 1. The van der Waals surface area contributed by atoms with Crippen molar-refractivity contribution in [1.82, 2.24) is 9.55 Å². The minimum Gasteiger partial charge on any atom is -0.495 e. The van der Waals surface area contributed by atoms with E-state index in [1.807, 2.05) is 38.1 Å². The molecule has 0 aliphatic rings. The van der Waals surface area contributed by atoms with Gasteiger partial charge in [0.05, 0.1) is 23.9 Å². The summed E-state index contributed by atoms with van der Waals surface area (Å²) in [7, 11) is 3.23. The van der Waals surface area contributed by atoms with E-state index in [9.17, 15) is 9.59 Å². The number of hydrogen-bond donors (Lipinski definition) is 1. The third-order valence-electron chi connectivity index (χ3n) is 3.82. The van der Waals surface area contributed by atoms with Crippen molar-refractivity contribution in [2.24, 2.45) is 7.05 Å². The largest absolute Gasteiger partial charge is 0.495 e. The van der Waals surface area contributed by atoms with Gasteiger partial charge in [0.1, 0.15) is 10.6 Å². The lowest BCUT2D eigenvalue weighted by molar-refractivity contribution is -0.113. The van der Waals surface area contributed by atoms with Crippen LogP contribution in [0, 0.1) is 13.8 Å². The highest BCUT2D eigenvalue weighted by Crippen LogP contribution is 2.26. The lowest BCUT2D eigenvalue weighted by Gasteiger charge is -2.11. The van der Waals surface area contributed by atoms with Crippen molar-refractivity contribution in [2.75, 3.05) is 18.2 Å². The maximum Gasteiger partial charge on any atom is 0.262 e. The highest BCUT2D eigenvalue weighted by Gasteiger charge is 2.14. The van der Waals surface area contributed by atoms with Crippen LogP contribution in [-0.4, -0.2) is 28.3 Å². The number of rotatable bonds is 5. The number of nitrogens with one attached hydrogen (secondary N) is 1. The topological polar surface area (TPSA) is 73.2 Å². The van der Waals surface area contributed by atoms with E-state index in [1.54, 1.807) is 14.2 Å². The van der Waals surface area contributed by atoms with Gasteiger partial charge in [0.25, 0.3) is 5.56 Å². The molecule has 3 aromatic rings. The van der Waals surface area contributed by atoms with Crippen molar-refractivity contribution in [3.8, 4) is 5.75 Å². The number of carbonyl (C=O) groups excluding carboxylic acids is 1. The molecule has 8 heteroatoms. The van der Waals surface area contributed by atoms with Crippen LogP contribution in [-0.2, 0) is 11.8 Å². The summed E-state index contributed by atoms with van der Waals surface area (Å²) < 4.78 is 6.76. The Morgan fingerprint density at radius 2 is 2.12 bits per heavy atom. The van der Waals surface area contributed by atoms with Crippen LogP contribution >= 0.6 is 23.1 Å². The van der Waals surface area contributed by atoms with Crippen LogP contribution in [0.15, 0.2) is 34.2 Å². The molecule has 0 bridgehead atoms. The Balaban J connectivity index is 1.76. The predicted octanol–water partition coefficient (Wildman–Crippen LogP) is 3.35. The zero-order valence-electron chi connectivity index (χ0n) is 15.0. The predicted molar refractivity (Wildman–Crippen MR) is 107 cm³/mol. The molecule has 0 atom stereocenters. The van der Waals surface area contributed by atoms with Crippen molar-refractivity contribution in [3.63, 3.8) is 0 Å². The van der Waals surface area contributed by atoms with E-state index in [0.717, 1.165) is 10.4 Å². The number of aryl methyl sites for hydroxylation is 2. The van der Waals surface area contributed by atoms with Gasteiger partial charge in [-0.2, -0.15) is 0 Å². The summed E-state index contributed by atoms with van der Waals surface area (Å²) in [5.41, 5.74) is 1.56. The van der Waals surface area contributed by atoms with E-state index in [1.165, 1.54) is 27.7 Å². The minimum absolute atomic E-state index is 0.0948. The molecule has 0 fully saturated rings. The smallest absolute Gasteiger partial charge is 0.262 e. The van der Waals surface area contributed by atoms with Crippen LogP contribution in [0.3, 0.4) is 0 Å². The average molecular weight is 390 g/mol. The summed E-state index contributed by atoms with van der Waals surface area (Å²) in [5, 5.41) is 3.99. The van der Waals surface area contributed by atoms with Crippen LogP contribution in [0.4, 0.5) is 5.69 Å². The third-order valence-corrected chi connectivity index (χ3v) is 5.79. The quantitative estimate of drug-likeness (QED) is 0.535. The molecular weight excluding hydrogens is 370 g/mol. The summed E-state index contributed by atoms with van der Waals surface area (Å²) in [6, 6.07) is 7.44. The second-order valence-corrected chi connectivity index (χ2v) is 8.05. The Morgan fingerprint density at radius 1 is 1.35 bits per heavy atom. The fourth-order valence-corrected chi connectivity index (χ4v) is 4.23. The molecular formula is C18H19N3O3S2. The Bertz CT molecular complexity index is 1040. The fourth-order valence-electron chi connectivity index (χ4n) is 2.53. The highest BCUT2D eigenvalue weighted by molar-refractivity contribution is 7.99. The second kappa shape index (κ2) is 7.51. The molecule has 26 heavy (non-hydrogen) atoms. The molecule has 0 aliphatic carbocycles. The lowest BCUT2D eigenvalue weighted by Crippen LogP contribution is -2.21. The number of aromatic nitrogens is 2. The number of thiophene rings is 1. The first-order chi connectivity index (χ1) is 12.4. The van der Waals surface area contributed by atoms with Crippen molar-refractivity contribution < 1.29 is 9.53 Å². The number of ether oxygens (including phenoxy) is 1. The molecule has 0 aliphatic heterocycles. The van der Waals surface area contributed by atoms with Crippen LogP contribution in [0.25, 0.3) is 10.2 Å². The zero-order valence-corrected chi connectivity index (χ0v) is 16.6. The van der Waals surface area contributed by atoms with E-state index < -0.39 is 0 Å². The first-order valence-electron chi connectivity index (χ1n) is 7.93. The molecule has 1 aromatic carbocycles. The summed E-state index contributed by atoms with van der Waals surface area (Å²) in [6.07, 6.45) is 0. The van der Waals surface area contributed by atoms with Crippen molar-refractivity contribution in [3.05, 3.63) is 45.1 Å². The maximum absolute atomic E-state index is 12.4. The van der Waals surface area contributed by atoms with Crippen LogP contribution in [0.1, 0.15) is 10.4 Å².